The van der Waals surface area contributed by atoms with Gasteiger partial charge in [-0.2, -0.15) is 0 Å². The Hall–Kier alpha value is -3.07. The number of amides is 2. The lowest BCUT2D eigenvalue weighted by molar-refractivity contribution is -0.139. The van der Waals surface area contributed by atoms with Gasteiger partial charge in [0, 0.05) is 22.6 Å². The number of carbonyl (C=O) groups excluding carboxylic acids is 2. The van der Waals surface area contributed by atoms with Gasteiger partial charge >= 0.3 is 0 Å². The van der Waals surface area contributed by atoms with Crippen LogP contribution >= 0.6 is 23.2 Å². The number of anilines is 1. The molecule has 0 aromatic heterocycles. The van der Waals surface area contributed by atoms with Crippen LogP contribution in [0.2, 0.25) is 10.0 Å². The Balaban J connectivity index is 1.67. The van der Waals surface area contributed by atoms with Crippen LogP contribution in [0.4, 0.5) is 5.69 Å². The molecule has 1 fully saturated rings. The van der Waals surface area contributed by atoms with Crippen LogP contribution < -0.4 is 9.62 Å². The first-order valence-electron chi connectivity index (χ1n) is 13.7. The lowest BCUT2D eigenvalue weighted by Crippen LogP contribution is -2.53. The summed E-state index contributed by atoms with van der Waals surface area (Å²) in [6.45, 7) is 3.26. The molecular weight excluding hydrogens is 581 g/mol. The quantitative estimate of drug-likeness (QED) is 0.287. The molecule has 0 radical (unpaired) electrons. The zero-order valence-electron chi connectivity index (χ0n) is 23.2. The first-order chi connectivity index (χ1) is 19.5. The van der Waals surface area contributed by atoms with Gasteiger partial charge in [0.25, 0.3) is 10.0 Å². The molecule has 218 valence electrons. The van der Waals surface area contributed by atoms with Crippen molar-refractivity contribution in [3.63, 3.8) is 0 Å². The van der Waals surface area contributed by atoms with Crippen LogP contribution in [-0.2, 0) is 26.2 Å². The van der Waals surface area contributed by atoms with E-state index in [1.165, 1.54) is 35.2 Å². The van der Waals surface area contributed by atoms with Gasteiger partial charge in [-0.05, 0) is 74.7 Å². The molecule has 41 heavy (non-hydrogen) atoms. The highest BCUT2D eigenvalue weighted by Crippen LogP contribution is 2.28. The largest absolute Gasteiger partial charge is 0.352 e. The van der Waals surface area contributed by atoms with Gasteiger partial charge in [-0.1, -0.05) is 78.4 Å². The minimum Gasteiger partial charge on any atom is -0.352 e. The summed E-state index contributed by atoms with van der Waals surface area (Å²) in [4.78, 5) is 28.8. The normalized spacial score (nSPS) is 14.7. The van der Waals surface area contributed by atoms with Crippen molar-refractivity contribution >= 4 is 50.7 Å². The fourth-order valence-corrected chi connectivity index (χ4v) is 6.65. The van der Waals surface area contributed by atoms with Crippen LogP contribution in [0.3, 0.4) is 0 Å². The van der Waals surface area contributed by atoms with Gasteiger partial charge in [0.1, 0.15) is 12.6 Å². The average Bonchev–Trinajstić information content (AvgIpc) is 2.95. The first-order valence-corrected chi connectivity index (χ1v) is 15.9. The molecule has 7 nitrogen and oxygen atoms in total. The molecule has 3 aromatic carbocycles. The molecule has 4 rings (SSSR count). The highest BCUT2D eigenvalue weighted by molar-refractivity contribution is 7.92. The molecule has 0 spiro atoms. The van der Waals surface area contributed by atoms with E-state index in [-0.39, 0.29) is 29.1 Å². The molecule has 2 amide bonds. The maximum atomic E-state index is 14.0. The van der Waals surface area contributed by atoms with E-state index in [1.807, 2.05) is 31.2 Å². The van der Waals surface area contributed by atoms with Gasteiger partial charge < -0.3 is 10.2 Å². The minimum absolute atomic E-state index is 0.0251. The predicted molar refractivity (Wildman–Crippen MR) is 164 cm³/mol. The van der Waals surface area contributed by atoms with Gasteiger partial charge in [-0.25, -0.2) is 8.42 Å². The average molecular weight is 617 g/mol. The van der Waals surface area contributed by atoms with Gasteiger partial charge in [-0.15, -0.1) is 0 Å². The third kappa shape index (κ3) is 8.03. The number of hydrogen-bond acceptors (Lipinski definition) is 4. The van der Waals surface area contributed by atoms with Crippen molar-refractivity contribution in [3.8, 4) is 0 Å². The van der Waals surface area contributed by atoms with Crippen molar-refractivity contribution in [2.45, 2.75) is 69.5 Å². The summed E-state index contributed by atoms with van der Waals surface area (Å²) in [6, 6.07) is 19.0. The number of aryl methyl sites for hydroxylation is 1. The third-order valence-corrected chi connectivity index (χ3v) is 9.64. The molecule has 1 unspecified atom stereocenters. The number of hydrogen-bond donors (Lipinski definition) is 1. The van der Waals surface area contributed by atoms with E-state index in [0.717, 1.165) is 47.5 Å². The number of sulfonamides is 1. The van der Waals surface area contributed by atoms with Crippen molar-refractivity contribution in [1.29, 1.82) is 0 Å². The maximum absolute atomic E-state index is 14.0. The maximum Gasteiger partial charge on any atom is 0.264 e. The summed E-state index contributed by atoms with van der Waals surface area (Å²) in [7, 11) is -4.20. The fraction of sp³-hybridized carbons (Fsp3) is 0.355. The second-order valence-electron chi connectivity index (χ2n) is 10.5. The van der Waals surface area contributed by atoms with Crippen LogP contribution in [0, 0.1) is 6.92 Å². The molecule has 1 atom stereocenters. The Labute approximate surface area is 252 Å². The van der Waals surface area contributed by atoms with E-state index in [9.17, 15) is 18.0 Å². The molecule has 0 bridgehead atoms. The Morgan fingerprint density at radius 2 is 1.59 bits per heavy atom. The summed E-state index contributed by atoms with van der Waals surface area (Å²) in [5.41, 5.74) is 2.13. The van der Waals surface area contributed by atoms with Crippen LogP contribution in [-0.4, -0.2) is 43.8 Å². The van der Waals surface area contributed by atoms with Gasteiger partial charge in [-0.3, -0.25) is 13.9 Å². The highest BCUT2D eigenvalue weighted by Gasteiger charge is 2.33. The van der Waals surface area contributed by atoms with Crippen molar-refractivity contribution in [2.24, 2.45) is 0 Å². The van der Waals surface area contributed by atoms with Crippen molar-refractivity contribution < 1.29 is 18.0 Å². The van der Waals surface area contributed by atoms with E-state index >= 15 is 0 Å². The second-order valence-corrected chi connectivity index (χ2v) is 13.2. The number of rotatable bonds is 10. The van der Waals surface area contributed by atoms with Crippen LogP contribution in [0.15, 0.2) is 77.7 Å². The molecule has 10 heteroatoms. The second kappa shape index (κ2) is 13.7. The molecule has 1 aliphatic rings. The Bertz CT molecular complexity index is 1460. The zero-order chi connectivity index (χ0) is 29.6. The minimum atomic E-state index is -4.20. The van der Waals surface area contributed by atoms with Crippen molar-refractivity contribution in [2.75, 3.05) is 10.8 Å². The molecule has 1 saturated carbocycles. The van der Waals surface area contributed by atoms with E-state index in [2.05, 4.69) is 5.32 Å². The van der Waals surface area contributed by atoms with Crippen LogP contribution in [0.25, 0.3) is 0 Å². The topological polar surface area (TPSA) is 86.8 Å². The summed E-state index contributed by atoms with van der Waals surface area (Å²) >= 11 is 12.2. The van der Waals surface area contributed by atoms with Crippen LogP contribution in [0.5, 0.6) is 0 Å². The lowest BCUT2D eigenvalue weighted by atomic mass is 9.95. The monoisotopic (exact) mass is 615 g/mol. The number of nitrogens with zero attached hydrogens (tertiary/aromatic N) is 2. The molecule has 1 N–H and O–H groups in total. The van der Waals surface area contributed by atoms with E-state index in [1.54, 1.807) is 25.1 Å². The van der Waals surface area contributed by atoms with Crippen molar-refractivity contribution in [3.05, 3.63) is 94.0 Å². The molecule has 0 aliphatic heterocycles. The summed E-state index contributed by atoms with van der Waals surface area (Å²) in [6.07, 6.45) is 5.09. The smallest absolute Gasteiger partial charge is 0.264 e. The number of benzene rings is 3. The van der Waals surface area contributed by atoms with E-state index in [4.69, 9.17) is 23.2 Å². The van der Waals surface area contributed by atoms with Gasteiger partial charge in [0.15, 0.2) is 0 Å². The summed E-state index contributed by atoms with van der Waals surface area (Å²) in [5.74, 6) is -0.776. The predicted octanol–water partition coefficient (Wildman–Crippen LogP) is 6.36. The number of halogens is 2. The standard InChI is InChI=1S/C31H35Cl2N3O4S/c1-22-11-13-24(14-12-22)20-35(23(2)31(38)34-27-8-4-3-5-9-27)30(37)21-36(28-10-6-7-26(33)19-28)41(39,40)29-17-15-25(32)16-18-29/h6-7,10-19,23,27H,3-5,8-9,20-21H2,1-2H3,(H,34,38). The summed E-state index contributed by atoms with van der Waals surface area (Å²) < 4.78 is 28.8. The fourth-order valence-electron chi connectivity index (χ4n) is 4.94. The van der Waals surface area contributed by atoms with E-state index < -0.39 is 28.5 Å². The molecule has 0 heterocycles. The number of carbonyl (C=O) groups is 2. The number of nitrogens with one attached hydrogen (secondary N) is 1. The summed E-state index contributed by atoms with van der Waals surface area (Å²) in [5, 5.41) is 3.82. The van der Waals surface area contributed by atoms with Gasteiger partial charge in [0.05, 0.1) is 10.6 Å². The lowest BCUT2D eigenvalue weighted by Gasteiger charge is -2.33. The van der Waals surface area contributed by atoms with E-state index in [0.29, 0.717) is 10.0 Å². The Morgan fingerprint density at radius 3 is 2.22 bits per heavy atom. The molecule has 3 aromatic rings. The zero-order valence-corrected chi connectivity index (χ0v) is 25.6. The molecule has 1 aliphatic carbocycles. The third-order valence-electron chi connectivity index (χ3n) is 7.37. The Morgan fingerprint density at radius 1 is 0.927 bits per heavy atom. The van der Waals surface area contributed by atoms with Crippen LogP contribution in [0.1, 0.15) is 50.2 Å². The molecule has 0 saturated heterocycles. The molecular formula is C31H35Cl2N3O4S. The SMILES string of the molecule is Cc1ccc(CN(C(=O)CN(c2cccc(Cl)c2)S(=O)(=O)c2ccc(Cl)cc2)C(C)C(=O)NC2CCCCC2)cc1. The Kier molecular flexibility index (Phi) is 10.3. The highest BCUT2D eigenvalue weighted by atomic mass is 35.5. The van der Waals surface area contributed by atoms with Crippen molar-refractivity contribution in [1.82, 2.24) is 10.2 Å². The first kappa shape index (κ1) is 30.9. The van der Waals surface area contributed by atoms with Gasteiger partial charge in [0.2, 0.25) is 11.8 Å².